The fourth-order valence-corrected chi connectivity index (χ4v) is 3.56. The zero-order valence-corrected chi connectivity index (χ0v) is 16.5. The van der Waals surface area contributed by atoms with Gasteiger partial charge in [-0.25, -0.2) is 4.79 Å². The first kappa shape index (κ1) is 19.2. The molecule has 2 unspecified atom stereocenters. The topological polar surface area (TPSA) is 101 Å². The van der Waals surface area contributed by atoms with Crippen molar-refractivity contribution < 1.29 is 24.2 Å². The van der Waals surface area contributed by atoms with Gasteiger partial charge in [-0.1, -0.05) is 12.1 Å². The highest BCUT2D eigenvalue weighted by molar-refractivity contribution is 5.94. The van der Waals surface area contributed by atoms with Gasteiger partial charge in [0.05, 0.1) is 17.9 Å². The van der Waals surface area contributed by atoms with Gasteiger partial charge in [-0.3, -0.25) is 14.7 Å². The monoisotopic (exact) mass is 397 g/mol. The first-order chi connectivity index (χ1) is 13.7. The van der Waals surface area contributed by atoms with Crippen LogP contribution >= 0.6 is 0 Å². The first-order valence-corrected chi connectivity index (χ1v) is 9.44. The first-order valence-electron chi connectivity index (χ1n) is 9.44. The molecule has 2 aliphatic heterocycles. The number of cyclic esters (lactones) is 1. The molecule has 29 heavy (non-hydrogen) atoms. The lowest BCUT2D eigenvalue weighted by molar-refractivity contribution is -0.119. The lowest BCUT2D eigenvalue weighted by atomic mass is 10.0. The molecule has 0 bridgehead atoms. The average Bonchev–Trinajstić information content (AvgIpc) is 3.01. The number of carbonyl (C=O) groups excluding carboxylic acids is 2. The molecule has 0 aliphatic carbocycles. The number of rotatable bonds is 4. The highest BCUT2D eigenvalue weighted by atomic mass is 16.6. The molecule has 0 spiro atoms. The lowest BCUT2D eigenvalue weighted by Crippen LogP contribution is -2.47. The number of aliphatic hydroxyl groups is 1. The molecule has 1 fully saturated rings. The smallest absolute Gasteiger partial charge is 0.415 e. The molecule has 2 N–H and O–H groups in total. The molecule has 2 atom stereocenters. The fourth-order valence-electron chi connectivity index (χ4n) is 3.56. The second-order valence-electron chi connectivity index (χ2n) is 7.78. The van der Waals surface area contributed by atoms with Crippen molar-refractivity contribution >= 4 is 17.7 Å². The van der Waals surface area contributed by atoms with Gasteiger partial charge in [0.25, 0.3) is 0 Å². The van der Waals surface area contributed by atoms with Crippen LogP contribution in [0.2, 0.25) is 0 Å². The molecule has 8 heteroatoms. The average molecular weight is 397 g/mol. The Morgan fingerprint density at radius 3 is 2.72 bits per heavy atom. The largest absolute Gasteiger partial charge is 0.489 e. The van der Waals surface area contributed by atoms with Crippen LogP contribution in [-0.4, -0.2) is 47.4 Å². The number of aromatic nitrogens is 1. The van der Waals surface area contributed by atoms with Crippen molar-refractivity contribution in [2.75, 3.05) is 18.1 Å². The van der Waals surface area contributed by atoms with Crippen LogP contribution in [0.1, 0.15) is 26.5 Å². The maximum Gasteiger partial charge on any atom is 0.415 e. The van der Waals surface area contributed by atoms with Crippen molar-refractivity contribution in [1.82, 2.24) is 10.3 Å². The van der Waals surface area contributed by atoms with Crippen LogP contribution < -0.4 is 15.0 Å². The summed E-state index contributed by atoms with van der Waals surface area (Å²) in [4.78, 5) is 29.5. The van der Waals surface area contributed by atoms with E-state index in [9.17, 15) is 14.7 Å². The van der Waals surface area contributed by atoms with Gasteiger partial charge in [-0.15, -0.1) is 0 Å². The van der Waals surface area contributed by atoms with Crippen LogP contribution in [0, 0.1) is 0 Å². The highest BCUT2D eigenvalue weighted by Gasteiger charge is 2.46. The molecule has 3 heterocycles. The van der Waals surface area contributed by atoms with Crippen LogP contribution in [0.4, 0.5) is 10.5 Å². The number of ether oxygens (including phenoxy) is 2. The van der Waals surface area contributed by atoms with E-state index in [2.05, 4.69) is 10.3 Å². The molecule has 1 aromatic carbocycles. The zero-order chi connectivity index (χ0) is 20.8. The molecule has 4 rings (SSSR count). The van der Waals surface area contributed by atoms with E-state index < -0.39 is 17.8 Å². The normalized spacial score (nSPS) is 20.4. The van der Waals surface area contributed by atoms with E-state index in [1.54, 1.807) is 31.0 Å². The summed E-state index contributed by atoms with van der Waals surface area (Å²) in [5.41, 5.74) is 1.99. The Morgan fingerprint density at radius 1 is 1.31 bits per heavy atom. The SMILES string of the molecule is CC(=O)NCC1OC(=O)N2c3ccc(-c4ccc(C(C)(C)O)nc4)cc3OCC12. The fraction of sp³-hybridized carbons (Fsp3) is 0.381. The van der Waals surface area contributed by atoms with Gasteiger partial charge in [-0.2, -0.15) is 0 Å². The maximum absolute atomic E-state index is 12.4. The van der Waals surface area contributed by atoms with Crippen molar-refractivity contribution in [2.24, 2.45) is 0 Å². The molecule has 1 saturated heterocycles. The maximum atomic E-state index is 12.4. The third-order valence-corrected chi connectivity index (χ3v) is 5.11. The van der Waals surface area contributed by atoms with Gasteiger partial charge in [0.2, 0.25) is 5.91 Å². The Hall–Kier alpha value is -3.13. The van der Waals surface area contributed by atoms with E-state index >= 15 is 0 Å². The van der Waals surface area contributed by atoms with Gasteiger partial charge < -0.3 is 19.9 Å². The third kappa shape index (κ3) is 3.63. The number of pyridine rings is 1. The van der Waals surface area contributed by atoms with Gasteiger partial charge in [0.1, 0.15) is 30.1 Å². The van der Waals surface area contributed by atoms with Crippen LogP contribution in [0.3, 0.4) is 0 Å². The summed E-state index contributed by atoms with van der Waals surface area (Å²) < 4.78 is 11.4. The van der Waals surface area contributed by atoms with E-state index in [-0.39, 0.29) is 25.1 Å². The summed E-state index contributed by atoms with van der Waals surface area (Å²) in [6, 6.07) is 8.96. The van der Waals surface area contributed by atoms with Crippen molar-refractivity contribution in [3.05, 3.63) is 42.2 Å². The minimum atomic E-state index is -1.00. The Kier molecular flexibility index (Phi) is 4.66. The van der Waals surface area contributed by atoms with Gasteiger partial charge in [0.15, 0.2) is 0 Å². The third-order valence-electron chi connectivity index (χ3n) is 5.11. The summed E-state index contributed by atoms with van der Waals surface area (Å²) in [5.74, 6) is 0.410. The van der Waals surface area contributed by atoms with E-state index in [4.69, 9.17) is 9.47 Å². The number of hydrogen-bond donors (Lipinski definition) is 2. The van der Waals surface area contributed by atoms with E-state index in [0.29, 0.717) is 17.1 Å². The van der Waals surface area contributed by atoms with Crippen molar-refractivity contribution in [3.8, 4) is 16.9 Å². The predicted octanol–water partition coefficient (Wildman–Crippen LogP) is 2.20. The molecular weight excluding hydrogens is 374 g/mol. The van der Waals surface area contributed by atoms with E-state index in [1.165, 1.54) is 6.92 Å². The molecular formula is C21H23N3O5. The summed E-state index contributed by atoms with van der Waals surface area (Å²) in [7, 11) is 0. The molecule has 8 nitrogen and oxygen atoms in total. The quantitative estimate of drug-likeness (QED) is 0.820. The van der Waals surface area contributed by atoms with Crippen molar-refractivity contribution in [3.63, 3.8) is 0 Å². The minimum absolute atomic E-state index is 0.175. The molecule has 2 aliphatic rings. The number of nitrogens with one attached hydrogen (secondary N) is 1. The number of amides is 2. The standard InChI is InChI=1S/C21H23N3O5/c1-12(25)22-10-18-16-11-28-17-8-13(4-6-15(17)24(16)20(26)29-18)14-5-7-19(23-9-14)21(2,3)27/h4-9,16,18,27H,10-11H2,1-3H3,(H,22,25). The van der Waals surface area contributed by atoms with Crippen molar-refractivity contribution in [2.45, 2.75) is 38.5 Å². The van der Waals surface area contributed by atoms with E-state index in [1.807, 2.05) is 24.3 Å². The van der Waals surface area contributed by atoms with Crippen molar-refractivity contribution in [1.29, 1.82) is 0 Å². The second-order valence-corrected chi connectivity index (χ2v) is 7.78. The lowest BCUT2D eigenvalue weighted by Gasteiger charge is -2.31. The highest BCUT2D eigenvalue weighted by Crippen LogP contribution is 2.41. The summed E-state index contributed by atoms with van der Waals surface area (Å²) >= 11 is 0. The Bertz CT molecular complexity index is 952. The van der Waals surface area contributed by atoms with Crippen LogP contribution in [0.5, 0.6) is 5.75 Å². The molecule has 1 aromatic heterocycles. The predicted molar refractivity (Wildman–Crippen MR) is 106 cm³/mol. The zero-order valence-electron chi connectivity index (χ0n) is 16.5. The summed E-state index contributed by atoms with van der Waals surface area (Å²) in [6.07, 6.45) is 0.797. The summed E-state index contributed by atoms with van der Waals surface area (Å²) in [6.45, 7) is 5.32. The molecule has 152 valence electrons. The number of nitrogens with zero attached hydrogens (tertiary/aromatic N) is 2. The number of anilines is 1. The van der Waals surface area contributed by atoms with Crippen LogP contribution in [0.25, 0.3) is 11.1 Å². The molecule has 2 amide bonds. The Morgan fingerprint density at radius 2 is 2.07 bits per heavy atom. The van der Waals surface area contributed by atoms with Gasteiger partial charge in [-0.05, 0) is 37.6 Å². The number of hydrogen-bond acceptors (Lipinski definition) is 6. The van der Waals surface area contributed by atoms with Crippen LogP contribution in [0.15, 0.2) is 36.5 Å². The molecule has 0 saturated carbocycles. The molecule has 2 aromatic rings. The van der Waals surface area contributed by atoms with Gasteiger partial charge >= 0.3 is 6.09 Å². The number of benzene rings is 1. The Balaban J connectivity index is 1.58. The second kappa shape index (κ2) is 7.04. The van der Waals surface area contributed by atoms with Gasteiger partial charge in [0, 0.05) is 18.7 Å². The Labute approximate surface area is 168 Å². The van der Waals surface area contributed by atoms with Crippen LogP contribution in [-0.2, 0) is 15.1 Å². The van der Waals surface area contributed by atoms with E-state index in [0.717, 1.165) is 11.1 Å². The summed E-state index contributed by atoms with van der Waals surface area (Å²) in [5, 5.41) is 12.7. The molecule has 0 radical (unpaired) electrons. The minimum Gasteiger partial charge on any atom is -0.489 e. The number of fused-ring (bicyclic) bond motifs is 3. The number of carbonyl (C=O) groups is 2.